The molecule has 4 rings (SSSR count). The number of carbonyl (C=O) groups excluding carboxylic acids is 1. The second-order valence-electron chi connectivity index (χ2n) is 6.89. The van der Waals surface area contributed by atoms with E-state index in [4.69, 9.17) is 16.3 Å². The van der Waals surface area contributed by atoms with E-state index in [9.17, 15) is 4.79 Å². The average Bonchev–Trinajstić information content (AvgIpc) is 3.03. The number of hydrogen-bond acceptors (Lipinski definition) is 4. The topological polar surface area (TPSA) is 42.4 Å². The second kappa shape index (κ2) is 7.57. The van der Waals surface area contributed by atoms with Gasteiger partial charge in [-0.25, -0.2) is 4.98 Å². The van der Waals surface area contributed by atoms with Crippen molar-refractivity contribution in [2.45, 2.75) is 39.8 Å². The van der Waals surface area contributed by atoms with Gasteiger partial charge in [-0.1, -0.05) is 30.7 Å². The Hall–Kier alpha value is -2.37. The minimum absolute atomic E-state index is 0.0201. The molecular formula is C22H21ClN2O2S. The third kappa shape index (κ3) is 3.52. The van der Waals surface area contributed by atoms with Gasteiger partial charge >= 0.3 is 0 Å². The third-order valence-electron chi connectivity index (χ3n) is 4.86. The standard InChI is InChI=1S/C22H21ClN2O2S/c1-4-19-22(26)25(12-15-5-8-17(23)9-6-15)18-11-16(7-10-20(18)27-19)21-13(2)28-14(3)24-21/h5-11,19H,4,12H2,1-3H3. The van der Waals surface area contributed by atoms with Gasteiger partial charge in [-0.15, -0.1) is 11.3 Å². The summed E-state index contributed by atoms with van der Waals surface area (Å²) in [7, 11) is 0. The van der Waals surface area contributed by atoms with Crippen LogP contribution < -0.4 is 9.64 Å². The Morgan fingerprint density at radius 3 is 2.57 bits per heavy atom. The van der Waals surface area contributed by atoms with Crippen LogP contribution in [0.25, 0.3) is 11.3 Å². The monoisotopic (exact) mass is 412 g/mol. The number of aryl methyl sites for hydroxylation is 2. The smallest absolute Gasteiger partial charge is 0.268 e. The van der Waals surface area contributed by atoms with Crippen molar-refractivity contribution in [3.05, 3.63) is 62.9 Å². The lowest BCUT2D eigenvalue weighted by atomic mass is 10.1. The quantitative estimate of drug-likeness (QED) is 0.545. The Balaban J connectivity index is 1.77. The van der Waals surface area contributed by atoms with E-state index in [0.717, 1.165) is 38.1 Å². The lowest BCUT2D eigenvalue weighted by Crippen LogP contribution is -2.45. The molecule has 1 aliphatic heterocycles. The molecule has 0 radical (unpaired) electrons. The molecule has 6 heteroatoms. The molecule has 4 nitrogen and oxygen atoms in total. The molecule has 0 bridgehead atoms. The number of rotatable bonds is 4. The van der Waals surface area contributed by atoms with Crippen molar-refractivity contribution < 1.29 is 9.53 Å². The highest BCUT2D eigenvalue weighted by Gasteiger charge is 2.33. The molecule has 144 valence electrons. The molecule has 0 saturated heterocycles. The van der Waals surface area contributed by atoms with Crippen LogP contribution in [-0.4, -0.2) is 17.0 Å². The van der Waals surface area contributed by atoms with Crippen LogP contribution in [0.3, 0.4) is 0 Å². The lowest BCUT2D eigenvalue weighted by Gasteiger charge is -2.34. The molecule has 0 spiro atoms. The molecule has 0 saturated carbocycles. The molecule has 3 aromatic rings. The van der Waals surface area contributed by atoms with Gasteiger partial charge in [0.25, 0.3) is 5.91 Å². The van der Waals surface area contributed by atoms with Gasteiger partial charge in [0.15, 0.2) is 6.10 Å². The molecule has 2 aromatic carbocycles. The fraction of sp³-hybridized carbons (Fsp3) is 0.273. The van der Waals surface area contributed by atoms with E-state index < -0.39 is 6.10 Å². The first-order valence-electron chi connectivity index (χ1n) is 9.27. The van der Waals surface area contributed by atoms with Gasteiger partial charge in [0.1, 0.15) is 5.75 Å². The average molecular weight is 413 g/mol. The van der Waals surface area contributed by atoms with Crippen LogP contribution in [0.1, 0.15) is 28.8 Å². The number of thiazole rings is 1. The number of aromatic nitrogens is 1. The maximum absolute atomic E-state index is 13.1. The van der Waals surface area contributed by atoms with E-state index >= 15 is 0 Å². The Morgan fingerprint density at radius 1 is 1.18 bits per heavy atom. The Labute approximate surface area is 173 Å². The van der Waals surface area contributed by atoms with Crippen molar-refractivity contribution in [2.75, 3.05) is 4.90 Å². The number of fused-ring (bicyclic) bond motifs is 1. The predicted molar refractivity (Wildman–Crippen MR) is 114 cm³/mol. The third-order valence-corrected chi connectivity index (χ3v) is 6.00. The van der Waals surface area contributed by atoms with Crippen molar-refractivity contribution >= 4 is 34.5 Å². The molecule has 1 atom stereocenters. The Kier molecular flexibility index (Phi) is 5.13. The minimum Gasteiger partial charge on any atom is -0.478 e. The summed E-state index contributed by atoms with van der Waals surface area (Å²) in [5.74, 6) is 0.710. The van der Waals surface area contributed by atoms with E-state index in [1.54, 1.807) is 11.3 Å². The van der Waals surface area contributed by atoms with Crippen LogP contribution in [-0.2, 0) is 11.3 Å². The second-order valence-corrected chi connectivity index (χ2v) is 8.73. The SMILES string of the molecule is CCC1Oc2ccc(-c3nc(C)sc3C)cc2N(Cc2ccc(Cl)cc2)C1=O. The lowest BCUT2D eigenvalue weighted by molar-refractivity contribution is -0.126. The minimum atomic E-state index is -0.464. The van der Waals surface area contributed by atoms with E-state index in [0.29, 0.717) is 18.0 Å². The zero-order valence-electron chi connectivity index (χ0n) is 16.0. The molecule has 2 heterocycles. The van der Waals surface area contributed by atoms with Crippen molar-refractivity contribution in [3.63, 3.8) is 0 Å². The van der Waals surface area contributed by atoms with E-state index in [-0.39, 0.29) is 5.91 Å². The first-order valence-corrected chi connectivity index (χ1v) is 10.5. The number of nitrogens with zero attached hydrogens (tertiary/aromatic N) is 2. The molecule has 0 fully saturated rings. The highest BCUT2D eigenvalue weighted by atomic mass is 35.5. The van der Waals surface area contributed by atoms with Gasteiger partial charge < -0.3 is 9.64 Å². The van der Waals surface area contributed by atoms with Gasteiger partial charge in [-0.05, 0) is 56.2 Å². The summed E-state index contributed by atoms with van der Waals surface area (Å²) in [6.07, 6.45) is 0.163. The number of anilines is 1. The molecule has 1 unspecified atom stereocenters. The molecule has 1 aromatic heterocycles. The summed E-state index contributed by atoms with van der Waals surface area (Å²) in [5, 5.41) is 1.71. The van der Waals surface area contributed by atoms with Crippen LogP contribution in [0.15, 0.2) is 42.5 Å². The molecule has 28 heavy (non-hydrogen) atoms. The zero-order valence-corrected chi connectivity index (χ0v) is 17.6. The fourth-order valence-electron chi connectivity index (χ4n) is 3.46. The highest BCUT2D eigenvalue weighted by Crippen LogP contribution is 2.40. The highest BCUT2D eigenvalue weighted by molar-refractivity contribution is 7.11. The van der Waals surface area contributed by atoms with Gasteiger partial charge in [0.2, 0.25) is 0 Å². The Morgan fingerprint density at radius 2 is 1.93 bits per heavy atom. The van der Waals surface area contributed by atoms with Crippen molar-refractivity contribution in [3.8, 4) is 17.0 Å². The first kappa shape index (κ1) is 19.0. The maximum atomic E-state index is 13.1. The Bertz CT molecular complexity index is 1030. The molecule has 1 aliphatic rings. The van der Waals surface area contributed by atoms with E-state index in [1.807, 2.05) is 61.2 Å². The summed E-state index contributed by atoms with van der Waals surface area (Å²) < 4.78 is 5.98. The van der Waals surface area contributed by atoms with Crippen LogP contribution in [0.4, 0.5) is 5.69 Å². The number of benzene rings is 2. The number of amides is 1. The number of halogens is 1. The predicted octanol–water partition coefficient (Wildman–Crippen LogP) is 5.78. The van der Waals surface area contributed by atoms with Crippen molar-refractivity contribution in [1.29, 1.82) is 0 Å². The summed E-state index contributed by atoms with van der Waals surface area (Å²) in [6, 6.07) is 13.6. The largest absolute Gasteiger partial charge is 0.478 e. The van der Waals surface area contributed by atoms with Crippen LogP contribution in [0.2, 0.25) is 5.02 Å². The number of carbonyl (C=O) groups is 1. The van der Waals surface area contributed by atoms with Crippen molar-refractivity contribution in [1.82, 2.24) is 4.98 Å². The summed E-state index contributed by atoms with van der Waals surface area (Å²) in [6.45, 7) is 6.51. The van der Waals surface area contributed by atoms with Gasteiger partial charge in [0.05, 0.1) is 22.9 Å². The number of hydrogen-bond donors (Lipinski definition) is 0. The first-order chi connectivity index (χ1) is 13.5. The fourth-order valence-corrected chi connectivity index (χ4v) is 4.43. The summed E-state index contributed by atoms with van der Waals surface area (Å²) >= 11 is 7.68. The maximum Gasteiger partial charge on any atom is 0.268 e. The zero-order chi connectivity index (χ0) is 19.8. The van der Waals surface area contributed by atoms with E-state index in [2.05, 4.69) is 11.9 Å². The van der Waals surface area contributed by atoms with Crippen LogP contribution in [0.5, 0.6) is 5.75 Å². The van der Waals surface area contributed by atoms with Gasteiger partial charge in [-0.2, -0.15) is 0 Å². The van der Waals surface area contributed by atoms with Crippen LogP contribution in [0, 0.1) is 13.8 Å². The molecular weight excluding hydrogens is 392 g/mol. The van der Waals surface area contributed by atoms with Gasteiger partial charge in [0, 0.05) is 15.5 Å². The number of ether oxygens (including phenoxy) is 1. The summed E-state index contributed by atoms with van der Waals surface area (Å²) in [4.78, 5) is 20.7. The molecule has 1 amide bonds. The van der Waals surface area contributed by atoms with Crippen LogP contribution >= 0.6 is 22.9 Å². The van der Waals surface area contributed by atoms with Gasteiger partial charge in [-0.3, -0.25) is 4.79 Å². The van der Waals surface area contributed by atoms with E-state index in [1.165, 1.54) is 0 Å². The van der Waals surface area contributed by atoms with Crippen molar-refractivity contribution in [2.24, 2.45) is 0 Å². The normalized spacial score (nSPS) is 16.1. The molecule has 0 N–H and O–H groups in total. The molecule has 0 aliphatic carbocycles. The summed E-state index contributed by atoms with van der Waals surface area (Å²) in [5.41, 5.74) is 3.76.